The van der Waals surface area contributed by atoms with Crippen LogP contribution in [0.4, 0.5) is 18.9 Å². The first-order chi connectivity index (χ1) is 9.47. The van der Waals surface area contributed by atoms with Crippen molar-refractivity contribution in [2.24, 2.45) is 0 Å². The second-order valence-corrected chi connectivity index (χ2v) is 4.25. The topological polar surface area (TPSA) is 56.7 Å². The molecule has 0 radical (unpaired) electrons. The average molecular weight is 278 g/mol. The molecule has 1 aromatic carbocycles. The number of hydrogen-bond donors (Lipinski definition) is 1. The van der Waals surface area contributed by atoms with Gasteiger partial charge in [0.15, 0.2) is 5.82 Å². The van der Waals surface area contributed by atoms with Crippen LogP contribution in [0.3, 0.4) is 0 Å². The molecule has 0 bridgehead atoms. The van der Waals surface area contributed by atoms with E-state index >= 15 is 0 Å². The molecule has 3 aromatic rings. The number of fused-ring (bicyclic) bond motifs is 1. The van der Waals surface area contributed by atoms with Crippen molar-refractivity contribution in [2.75, 3.05) is 5.73 Å². The van der Waals surface area contributed by atoms with Gasteiger partial charge in [-0.2, -0.15) is 18.3 Å². The largest absolute Gasteiger partial charge is 0.420 e. The van der Waals surface area contributed by atoms with Crippen LogP contribution in [0.5, 0.6) is 0 Å². The first-order valence-electron chi connectivity index (χ1n) is 5.72. The fourth-order valence-corrected chi connectivity index (χ4v) is 1.99. The molecule has 2 aromatic heterocycles. The highest BCUT2D eigenvalue weighted by Crippen LogP contribution is 2.33. The second-order valence-electron chi connectivity index (χ2n) is 4.25. The van der Waals surface area contributed by atoms with Gasteiger partial charge in [0.2, 0.25) is 0 Å². The number of aromatic nitrogens is 3. The number of alkyl halides is 3. The molecule has 0 spiro atoms. The second kappa shape index (κ2) is 4.22. The molecule has 2 N–H and O–H groups in total. The highest BCUT2D eigenvalue weighted by Gasteiger charge is 2.35. The van der Waals surface area contributed by atoms with Crippen molar-refractivity contribution >= 4 is 16.6 Å². The summed E-state index contributed by atoms with van der Waals surface area (Å²) in [5.74, 6) is -0.263. The number of pyridine rings is 1. The predicted molar refractivity (Wildman–Crippen MR) is 68.3 cm³/mol. The zero-order valence-electron chi connectivity index (χ0n) is 10.1. The number of nitrogens with zero attached hydrogens (tertiary/aromatic N) is 3. The zero-order valence-corrected chi connectivity index (χ0v) is 10.1. The Hall–Kier alpha value is -2.57. The molecule has 4 nitrogen and oxygen atoms in total. The van der Waals surface area contributed by atoms with E-state index in [1.807, 2.05) is 0 Å². The molecule has 20 heavy (non-hydrogen) atoms. The Labute approximate surface area is 111 Å². The number of nitrogens with two attached hydrogens (primary N) is 1. The number of hydrogen-bond acceptors (Lipinski definition) is 3. The molecule has 2 heterocycles. The third-order valence-electron chi connectivity index (χ3n) is 2.89. The van der Waals surface area contributed by atoms with Gasteiger partial charge >= 0.3 is 6.18 Å². The Bertz CT molecular complexity index is 777. The monoisotopic (exact) mass is 278 g/mol. The van der Waals surface area contributed by atoms with Crippen LogP contribution in [-0.4, -0.2) is 14.8 Å². The Morgan fingerprint density at radius 3 is 2.70 bits per heavy atom. The van der Waals surface area contributed by atoms with Gasteiger partial charge in [-0.05, 0) is 30.3 Å². The van der Waals surface area contributed by atoms with Crippen LogP contribution in [0, 0.1) is 0 Å². The summed E-state index contributed by atoms with van der Waals surface area (Å²) in [7, 11) is 0. The van der Waals surface area contributed by atoms with E-state index in [-0.39, 0.29) is 5.82 Å². The van der Waals surface area contributed by atoms with Crippen molar-refractivity contribution in [3.8, 4) is 5.82 Å². The maximum atomic E-state index is 13.0. The Morgan fingerprint density at radius 2 is 1.95 bits per heavy atom. The van der Waals surface area contributed by atoms with Gasteiger partial charge in [0.05, 0.1) is 11.7 Å². The number of halogens is 3. The first-order valence-corrected chi connectivity index (χ1v) is 5.72. The molecule has 0 unspecified atom stereocenters. The van der Waals surface area contributed by atoms with Gasteiger partial charge in [0.25, 0.3) is 0 Å². The van der Waals surface area contributed by atoms with Crippen LogP contribution in [0.2, 0.25) is 0 Å². The van der Waals surface area contributed by atoms with Crippen LogP contribution < -0.4 is 5.73 Å². The van der Waals surface area contributed by atoms with Crippen LogP contribution in [-0.2, 0) is 6.18 Å². The lowest BCUT2D eigenvalue weighted by atomic mass is 10.2. The van der Waals surface area contributed by atoms with Crippen LogP contribution in [0.25, 0.3) is 16.7 Å². The lowest BCUT2D eigenvalue weighted by Gasteiger charge is -2.12. The van der Waals surface area contributed by atoms with Gasteiger partial charge in [0, 0.05) is 17.3 Å². The van der Waals surface area contributed by atoms with E-state index in [0.29, 0.717) is 16.6 Å². The van der Waals surface area contributed by atoms with Crippen molar-refractivity contribution in [3.63, 3.8) is 0 Å². The molecule has 0 saturated carbocycles. The molecular weight excluding hydrogens is 269 g/mol. The van der Waals surface area contributed by atoms with Gasteiger partial charge in [-0.3, -0.25) is 0 Å². The number of benzene rings is 1. The van der Waals surface area contributed by atoms with E-state index in [0.717, 1.165) is 10.7 Å². The van der Waals surface area contributed by atoms with Gasteiger partial charge in [-0.25, -0.2) is 9.67 Å². The van der Waals surface area contributed by atoms with E-state index in [2.05, 4.69) is 10.1 Å². The normalized spacial score (nSPS) is 11.9. The third-order valence-corrected chi connectivity index (χ3v) is 2.89. The third kappa shape index (κ3) is 1.97. The molecular formula is C13H9F3N4. The fourth-order valence-electron chi connectivity index (χ4n) is 1.99. The molecule has 0 atom stereocenters. The maximum Gasteiger partial charge on any atom is 0.420 e. The summed E-state index contributed by atoms with van der Waals surface area (Å²) in [6.45, 7) is 0. The molecule has 0 saturated heterocycles. The van der Waals surface area contributed by atoms with Crippen molar-refractivity contribution < 1.29 is 13.2 Å². The van der Waals surface area contributed by atoms with Crippen molar-refractivity contribution in [3.05, 3.63) is 48.3 Å². The Morgan fingerprint density at radius 1 is 1.15 bits per heavy atom. The summed E-state index contributed by atoms with van der Waals surface area (Å²) in [6.07, 6.45) is -1.73. The number of rotatable bonds is 1. The van der Waals surface area contributed by atoms with Crippen LogP contribution in [0.15, 0.2) is 42.7 Å². The van der Waals surface area contributed by atoms with Crippen molar-refractivity contribution in [1.29, 1.82) is 0 Å². The molecule has 0 aliphatic carbocycles. The highest BCUT2D eigenvalue weighted by atomic mass is 19.4. The summed E-state index contributed by atoms with van der Waals surface area (Å²) in [5.41, 5.74) is 5.76. The summed E-state index contributed by atoms with van der Waals surface area (Å²) >= 11 is 0. The van der Waals surface area contributed by atoms with E-state index < -0.39 is 11.7 Å². The Balaban J connectivity index is 2.29. The molecule has 0 aliphatic heterocycles. The lowest BCUT2D eigenvalue weighted by Crippen LogP contribution is -2.13. The smallest absolute Gasteiger partial charge is 0.399 e. The minimum Gasteiger partial charge on any atom is -0.399 e. The summed E-state index contributed by atoms with van der Waals surface area (Å²) in [5, 5.41) is 4.67. The summed E-state index contributed by atoms with van der Waals surface area (Å²) < 4.78 is 40.2. The summed E-state index contributed by atoms with van der Waals surface area (Å²) in [4.78, 5) is 3.81. The summed E-state index contributed by atoms with van der Waals surface area (Å²) in [6, 6.07) is 7.15. The fraction of sp³-hybridized carbons (Fsp3) is 0.0769. The van der Waals surface area contributed by atoms with Crippen LogP contribution in [0.1, 0.15) is 5.56 Å². The Kier molecular flexibility index (Phi) is 2.63. The van der Waals surface area contributed by atoms with E-state index in [9.17, 15) is 13.2 Å². The molecule has 7 heteroatoms. The average Bonchev–Trinajstić information content (AvgIpc) is 2.80. The minimum absolute atomic E-state index is 0.263. The molecule has 0 fully saturated rings. The standard InChI is InChI=1S/C13H9F3N4/c14-13(15,16)10-2-1-5-18-12(10)20-11-6-9(17)4-3-8(11)7-19-20/h1-7H,17H2. The van der Waals surface area contributed by atoms with Crippen molar-refractivity contribution in [2.45, 2.75) is 6.18 Å². The molecule has 102 valence electrons. The maximum absolute atomic E-state index is 13.0. The highest BCUT2D eigenvalue weighted by molar-refractivity contribution is 5.83. The molecule has 3 rings (SSSR count). The van der Waals surface area contributed by atoms with Gasteiger partial charge in [0.1, 0.15) is 5.56 Å². The quantitative estimate of drug-likeness (QED) is 0.696. The predicted octanol–water partition coefficient (Wildman–Crippen LogP) is 3.02. The van der Waals surface area contributed by atoms with Gasteiger partial charge in [-0.15, -0.1) is 0 Å². The lowest BCUT2D eigenvalue weighted by molar-refractivity contribution is -0.137. The van der Waals surface area contributed by atoms with E-state index in [4.69, 9.17) is 5.73 Å². The van der Waals surface area contributed by atoms with Gasteiger partial charge < -0.3 is 5.73 Å². The number of anilines is 1. The van der Waals surface area contributed by atoms with Crippen molar-refractivity contribution in [1.82, 2.24) is 14.8 Å². The molecule has 0 amide bonds. The van der Waals surface area contributed by atoms with E-state index in [1.54, 1.807) is 18.2 Å². The van der Waals surface area contributed by atoms with Gasteiger partial charge in [-0.1, -0.05) is 0 Å². The minimum atomic E-state index is -4.50. The first kappa shape index (κ1) is 12.5. The number of nitrogen functional groups attached to an aromatic ring is 1. The molecule has 0 aliphatic rings. The SMILES string of the molecule is Nc1ccc2cnn(-c3ncccc3C(F)(F)F)c2c1. The van der Waals surface area contributed by atoms with Crippen LogP contribution >= 0.6 is 0 Å². The van der Waals surface area contributed by atoms with E-state index in [1.165, 1.54) is 18.5 Å². The zero-order chi connectivity index (χ0) is 14.3.